The monoisotopic (exact) mass is 419 g/mol. The number of hydrogen-bond acceptors (Lipinski definition) is 4. The van der Waals surface area contributed by atoms with E-state index in [1.54, 1.807) is 25.3 Å². The third kappa shape index (κ3) is 5.37. The number of rotatable bonds is 8. The fourth-order valence-corrected chi connectivity index (χ4v) is 3.38. The zero-order chi connectivity index (χ0) is 22.4. The largest absolute Gasteiger partial charge is 0.496 e. The zero-order valence-corrected chi connectivity index (χ0v) is 18.7. The number of ether oxygens (including phenoxy) is 3. The van der Waals surface area contributed by atoms with E-state index in [-0.39, 0.29) is 5.91 Å². The second kappa shape index (κ2) is 10.0. The molecule has 0 aliphatic rings. The molecule has 0 spiro atoms. The van der Waals surface area contributed by atoms with Crippen LogP contribution in [-0.4, -0.2) is 19.6 Å². The Bertz CT molecular complexity index is 1070. The highest BCUT2D eigenvalue weighted by Crippen LogP contribution is 2.28. The molecule has 0 atom stereocenters. The minimum atomic E-state index is -0.223. The van der Waals surface area contributed by atoms with Gasteiger partial charge in [-0.25, -0.2) is 0 Å². The van der Waals surface area contributed by atoms with E-state index in [2.05, 4.69) is 18.3 Å². The summed E-state index contributed by atoms with van der Waals surface area (Å²) in [5.41, 5.74) is 5.38. The summed E-state index contributed by atoms with van der Waals surface area (Å²) in [4.78, 5) is 12.9. The summed E-state index contributed by atoms with van der Waals surface area (Å²) in [6.45, 7) is 8.89. The topological polar surface area (TPSA) is 56.8 Å². The van der Waals surface area contributed by atoms with Crippen LogP contribution in [0.15, 0.2) is 54.6 Å². The van der Waals surface area contributed by atoms with E-state index in [4.69, 9.17) is 14.2 Å². The van der Waals surface area contributed by atoms with Crippen molar-refractivity contribution in [1.82, 2.24) is 0 Å². The Kier molecular flexibility index (Phi) is 7.19. The van der Waals surface area contributed by atoms with Crippen molar-refractivity contribution in [2.75, 3.05) is 19.0 Å². The maximum absolute atomic E-state index is 12.9. The van der Waals surface area contributed by atoms with Gasteiger partial charge < -0.3 is 19.5 Å². The Hall–Kier alpha value is -3.47. The highest BCUT2D eigenvalue weighted by atomic mass is 16.5. The normalized spacial score (nSPS) is 10.5. The van der Waals surface area contributed by atoms with Gasteiger partial charge in [0.1, 0.15) is 23.9 Å². The Morgan fingerprint density at radius 3 is 2.42 bits per heavy atom. The fourth-order valence-electron chi connectivity index (χ4n) is 3.38. The molecule has 3 aromatic rings. The molecule has 0 bridgehead atoms. The van der Waals surface area contributed by atoms with E-state index in [9.17, 15) is 4.79 Å². The molecule has 0 radical (unpaired) electrons. The Morgan fingerprint density at radius 1 is 0.903 bits per heavy atom. The molecule has 1 N–H and O–H groups in total. The van der Waals surface area contributed by atoms with Crippen LogP contribution in [0, 0.1) is 20.8 Å². The van der Waals surface area contributed by atoms with Gasteiger partial charge in [0, 0.05) is 11.1 Å². The first-order valence-corrected chi connectivity index (χ1v) is 10.3. The molecule has 0 aliphatic carbocycles. The molecule has 0 saturated carbocycles. The number of benzene rings is 3. The number of amides is 1. The van der Waals surface area contributed by atoms with Crippen molar-refractivity contribution in [2.45, 2.75) is 34.3 Å². The van der Waals surface area contributed by atoms with Gasteiger partial charge in [-0.3, -0.25) is 4.79 Å². The van der Waals surface area contributed by atoms with Crippen molar-refractivity contribution in [1.29, 1.82) is 0 Å². The van der Waals surface area contributed by atoms with Gasteiger partial charge in [-0.1, -0.05) is 18.2 Å². The molecule has 0 saturated heterocycles. The molecular weight excluding hydrogens is 390 g/mol. The molecule has 31 heavy (non-hydrogen) atoms. The average Bonchev–Trinajstić information content (AvgIpc) is 2.76. The lowest BCUT2D eigenvalue weighted by Gasteiger charge is -2.15. The molecule has 5 heteroatoms. The quantitative estimate of drug-likeness (QED) is 0.498. The van der Waals surface area contributed by atoms with Crippen molar-refractivity contribution in [3.63, 3.8) is 0 Å². The molecule has 162 valence electrons. The lowest BCUT2D eigenvalue weighted by molar-refractivity contribution is 0.102. The minimum Gasteiger partial charge on any atom is -0.496 e. The van der Waals surface area contributed by atoms with Crippen LogP contribution in [0.4, 0.5) is 5.69 Å². The predicted molar refractivity (Wildman–Crippen MR) is 124 cm³/mol. The van der Waals surface area contributed by atoms with Crippen LogP contribution in [0.1, 0.15) is 39.5 Å². The van der Waals surface area contributed by atoms with E-state index >= 15 is 0 Å². The van der Waals surface area contributed by atoms with Crippen LogP contribution in [-0.2, 0) is 6.61 Å². The number of nitrogens with one attached hydrogen (secondary N) is 1. The number of anilines is 1. The Labute approximate surface area is 184 Å². The van der Waals surface area contributed by atoms with E-state index in [1.165, 1.54) is 5.56 Å². The summed E-state index contributed by atoms with van der Waals surface area (Å²) in [6.07, 6.45) is 0. The van der Waals surface area contributed by atoms with Crippen molar-refractivity contribution < 1.29 is 19.0 Å². The Morgan fingerprint density at radius 2 is 1.68 bits per heavy atom. The standard InChI is InChI=1S/C26H29NO4/c1-6-30-24-10-8-7-9-22(24)27-26(28)20-11-12-23(29-5)21(15-20)16-31-25-14-17(2)13-18(3)19(25)4/h7-15H,6,16H2,1-5H3,(H,27,28). The second-order valence-electron chi connectivity index (χ2n) is 7.40. The third-order valence-electron chi connectivity index (χ3n) is 5.12. The lowest BCUT2D eigenvalue weighted by atomic mass is 10.1. The van der Waals surface area contributed by atoms with E-state index in [0.29, 0.717) is 36.0 Å². The molecule has 0 fully saturated rings. The number of methoxy groups -OCH3 is 1. The van der Waals surface area contributed by atoms with Gasteiger partial charge >= 0.3 is 0 Å². The highest BCUT2D eigenvalue weighted by molar-refractivity contribution is 6.05. The first kappa shape index (κ1) is 22.2. The van der Waals surface area contributed by atoms with Crippen molar-refractivity contribution in [3.8, 4) is 17.2 Å². The summed E-state index contributed by atoms with van der Waals surface area (Å²) in [5, 5.41) is 2.93. The summed E-state index contributed by atoms with van der Waals surface area (Å²) in [5.74, 6) is 1.92. The maximum atomic E-state index is 12.9. The van der Waals surface area contributed by atoms with E-state index < -0.39 is 0 Å². The summed E-state index contributed by atoms with van der Waals surface area (Å²) < 4.78 is 17.2. The van der Waals surface area contributed by atoms with Crippen LogP contribution in [0.2, 0.25) is 0 Å². The molecule has 0 aromatic heterocycles. The molecule has 0 heterocycles. The predicted octanol–water partition coefficient (Wildman–Crippen LogP) is 5.85. The molecule has 0 aliphatic heterocycles. The van der Waals surface area contributed by atoms with Crippen LogP contribution in [0.5, 0.6) is 17.2 Å². The number of carbonyl (C=O) groups excluding carboxylic acids is 1. The van der Waals surface area contributed by atoms with Crippen LogP contribution >= 0.6 is 0 Å². The van der Waals surface area contributed by atoms with Gasteiger partial charge in [-0.05, 0) is 80.8 Å². The van der Waals surface area contributed by atoms with Gasteiger partial charge in [0.25, 0.3) is 5.91 Å². The summed E-state index contributed by atoms with van der Waals surface area (Å²) >= 11 is 0. The van der Waals surface area contributed by atoms with Crippen LogP contribution in [0.3, 0.4) is 0 Å². The molecule has 0 unspecified atom stereocenters. The molecule has 3 aromatic carbocycles. The van der Waals surface area contributed by atoms with E-state index in [1.807, 2.05) is 51.1 Å². The molecular formula is C26H29NO4. The first-order valence-electron chi connectivity index (χ1n) is 10.3. The van der Waals surface area contributed by atoms with Crippen molar-refractivity contribution in [2.24, 2.45) is 0 Å². The van der Waals surface area contributed by atoms with Crippen molar-refractivity contribution in [3.05, 3.63) is 82.4 Å². The number of para-hydroxylation sites is 2. The molecule has 1 amide bonds. The fraction of sp³-hybridized carbons (Fsp3) is 0.269. The zero-order valence-electron chi connectivity index (χ0n) is 18.7. The Balaban J connectivity index is 1.81. The van der Waals surface area contributed by atoms with Crippen LogP contribution < -0.4 is 19.5 Å². The van der Waals surface area contributed by atoms with Gasteiger partial charge in [-0.2, -0.15) is 0 Å². The van der Waals surface area contributed by atoms with Gasteiger partial charge in [-0.15, -0.1) is 0 Å². The number of carbonyl (C=O) groups is 1. The molecule has 5 nitrogen and oxygen atoms in total. The van der Waals surface area contributed by atoms with Crippen molar-refractivity contribution >= 4 is 11.6 Å². The summed E-state index contributed by atoms with van der Waals surface area (Å²) in [7, 11) is 1.61. The summed E-state index contributed by atoms with van der Waals surface area (Å²) in [6, 6.07) is 16.9. The van der Waals surface area contributed by atoms with E-state index in [0.717, 1.165) is 22.4 Å². The lowest BCUT2D eigenvalue weighted by Crippen LogP contribution is -2.14. The number of hydrogen-bond donors (Lipinski definition) is 1. The van der Waals surface area contributed by atoms with Crippen LogP contribution in [0.25, 0.3) is 0 Å². The maximum Gasteiger partial charge on any atom is 0.255 e. The van der Waals surface area contributed by atoms with Gasteiger partial charge in [0.05, 0.1) is 19.4 Å². The average molecular weight is 420 g/mol. The first-order chi connectivity index (χ1) is 14.9. The van der Waals surface area contributed by atoms with Gasteiger partial charge in [0.2, 0.25) is 0 Å². The molecule has 3 rings (SSSR count). The second-order valence-corrected chi connectivity index (χ2v) is 7.40. The minimum absolute atomic E-state index is 0.223. The number of aryl methyl sites for hydroxylation is 2. The van der Waals surface area contributed by atoms with Gasteiger partial charge in [0.15, 0.2) is 0 Å². The third-order valence-corrected chi connectivity index (χ3v) is 5.12. The smallest absolute Gasteiger partial charge is 0.255 e. The SMILES string of the molecule is CCOc1ccccc1NC(=O)c1ccc(OC)c(COc2cc(C)cc(C)c2C)c1. The highest BCUT2D eigenvalue weighted by Gasteiger charge is 2.14.